The topological polar surface area (TPSA) is 54.5 Å². The minimum Gasteiger partial charge on any atom is -0.273 e. The summed E-state index contributed by atoms with van der Waals surface area (Å²) in [6.07, 6.45) is 1.51. The van der Waals surface area contributed by atoms with Gasteiger partial charge in [0.05, 0.1) is 10.6 Å². The average molecular weight is 301 g/mol. The van der Waals surface area contributed by atoms with Gasteiger partial charge >= 0.3 is 0 Å². The van der Waals surface area contributed by atoms with Crippen LogP contribution in [0.15, 0.2) is 65.6 Å². The summed E-state index contributed by atoms with van der Waals surface area (Å²) >= 11 is 0. The third-order valence-electron chi connectivity index (χ3n) is 3.40. The van der Waals surface area contributed by atoms with Gasteiger partial charge in [0.2, 0.25) is 5.91 Å². The van der Waals surface area contributed by atoms with Crippen molar-refractivity contribution in [3.63, 3.8) is 0 Å². The molecule has 0 spiro atoms. The summed E-state index contributed by atoms with van der Waals surface area (Å²) in [7, 11) is -3.87. The van der Waals surface area contributed by atoms with Crippen LogP contribution < -0.4 is 4.31 Å². The first-order valence-electron chi connectivity index (χ1n) is 6.80. The molecule has 0 heterocycles. The number of anilines is 1. The van der Waals surface area contributed by atoms with Gasteiger partial charge in [-0.3, -0.25) is 4.79 Å². The van der Waals surface area contributed by atoms with Crippen molar-refractivity contribution in [3.8, 4) is 0 Å². The van der Waals surface area contributed by atoms with E-state index in [1.54, 1.807) is 48.5 Å². The highest BCUT2D eigenvalue weighted by molar-refractivity contribution is 7.93. The van der Waals surface area contributed by atoms with Gasteiger partial charge in [0.1, 0.15) is 0 Å². The summed E-state index contributed by atoms with van der Waals surface area (Å²) in [6.45, 7) is 0. The van der Waals surface area contributed by atoms with Crippen LogP contribution in [-0.2, 0) is 14.8 Å². The van der Waals surface area contributed by atoms with Crippen molar-refractivity contribution in [2.45, 2.75) is 17.7 Å². The van der Waals surface area contributed by atoms with Gasteiger partial charge < -0.3 is 0 Å². The molecule has 5 heteroatoms. The van der Waals surface area contributed by atoms with Crippen molar-refractivity contribution < 1.29 is 13.2 Å². The largest absolute Gasteiger partial charge is 0.273 e. The van der Waals surface area contributed by atoms with E-state index >= 15 is 0 Å². The van der Waals surface area contributed by atoms with Crippen molar-refractivity contribution >= 4 is 21.6 Å². The second-order valence-electron chi connectivity index (χ2n) is 5.03. The molecule has 3 rings (SSSR count). The summed E-state index contributed by atoms with van der Waals surface area (Å²) < 4.78 is 26.6. The standard InChI is InChI=1S/C16H15NO3S/c18-16(13-11-12-13)17(14-7-3-1-4-8-14)21(19,20)15-9-5-2-6-10-15/h1-10,13H,11-12H2. The maximum Gasteiger partial charge on any atom is 0.270 e. The smallest absolute Gasteiger partial charge is 0.270 e. The maximum absolute atomic E-state index is 12.8. The molecule has 0 bridgehead atoms. The number of benzene rings is 2. The fourth-order valence-corrected chi connectivity index (χ4v) is 3.64. The Labute approximate surface area is 124 Å². The number of hydrogen-bond acceptors (Lipinski definition) is 3. The van der Waals surface area contributed by atoms with Gasteiger partial charge in [-0.1, -0.05) is 36.4 Å². The summed E-state index contributed by atoms with van der Waals surface area (Å²) in [4.78, 5) is 12.6. The van der Waals surface area contributed by atoms with E-state index in [0.717, 1.165) is 17.1 Å². The summed E-state index contributed by atoms with van der Waals surface area (Å²) in [5, 5.41) is 0. The van der Waals surface area contributed by atoms with Crippen LogP contribution in [-0.4, -0.2) is 14.3 Å². The zero-order chi connectivity index (χ0) is 14.9. The lowest BCUT2D eigenvalue weighted by atomic mass is 10.3. The summed E-state index contributed by atoms with van der Waals surface area (Å²) in [5.41, 5.74) is 0.387. The molecule has 0 aliphatic heterocycles. The van der Waals surface area contributed by atoms with Gasteiger partial charge in [-0.25, -0.2) is 12.7 Å². The van der Waals surface area contributed by atoms with Crippen molar-refractivity contribution in [3.05, 3.63) is 60.7 Å². The fourth-order valence-electron chi connectivity index (χ4n) is 2.14. The number of rotatable bonds is 4. The highest BCUT2D eigenvalue weighted by Gasteiger charge is 2.40. The molecule has 0 atom stereocenters. The molecule has 0 saturated heterocycles. The molecule has 1 saturated carbocycles. The molecule has 1 fully saturated rings. The molecule has 2 aromatic rings. The maximum atomic E-state index is 12.8. The van der Waals surface area contributed by atoms with Crippen LogP contribution in [0.5, 0.6) is 0 Å². The first kappa shape index (κ1) is 13.8. The van der Waals surface area contributed by atoms with Crippen LogP contribution in [0, 0.1) is 5.92 Å². The molecule has 0 N–H and O–H groups in total. The minimum atomic E-state index is -3.87. The quantitative estimate of drug-likeness (QED) is 0.872. The zero-order valence-corrected chi connectivity index (χ0v) is 12.2. The van der Waals surface area contributed by atoms with Crippen LogP contribution in [0.4, 0.5) is 5.69 Å². The van der Waals surface area contributed by atoms with Gasteiger partial charge in [0.15, 0.2) is 0 Å². The first-order chi connectivity index (χ1) is 10.1. The predicted molar refractivity (Wildman–Crippen MR) is 80.3 cm³/mol. The summed E-state index contributed by atoms with van der Waals surface area (Å²) in [5.74, 6) is -0.520. The second kappa shape index (κ2) is 5.33. The van der Waals surface area contributed by atoms with Crippen LogP contribution in [0.2, 0.25) is 0 Å². The van der Waals surface area contributed by atoms with Crippen LogP contribution in [0.3, 0.4) is 0 Å². The van der Waals surface area contributed by atoms with Crippen molar-refractivity contribution in [1.29, 1.82) is 0 Å². The number of carbonyl (C=O) groups excluding carboxylic acids is 1. The van der Waals surface area contributed by atoms with Crippen LogP contribution >= 0.6 is 0 Å². The Balaban J connectivity index is 2.09. The average Bonchev–Trinajstić information content (AvgIpc) is 3.34. The van der Waals surface area contributed by atoms with E-state index in [0.29, 0.717) is 5.69 Å². The molecule has 0 radical (unpaired) electrons. The third kappa shape index (κ3) is 2.69. The van der Waals surface area contributed by atoms with Crippen molar-refractivity contribution in [1.82, 2.24) is 0 Å². The third-order valence-corrected chi connectivity index (χ3v) is 5.14. The predicted octanol–water partition coefficient (Wildman–Crippen LogP) is 2.82. The van der Waals surface area contributed by atoms with Crippen molar-refractivity contribution in [2.24, 2.45) is 5.92 Å². The summed E-state index contributed by atoms with van der Waals surface area (Å²) in [6, 6.07) is 16.6. The SMILES string of the molecule is O=C(C1CC1)N(c1ccccc1)S(=O)(=O)c1ccccc1. The molecular formula is C16H15NO3S. The van der Waals surface area contributed by atoms with E-state index < -0.39 is 10.0 Å². The molecule has 4 nitrogen and oxygen atoms in total. The van der Waals surface area contributed by atoms with Gasteiger partial charge in [-0.05, 0) is 37.1 Å². The molecule has 1 amide bonds. The molecule has 1 aliphatic rings. The van der Waals surface area contributed by atoms with E-state index in [1.165, 1.54) is 12.1 Å². The van der Waals surface area contributed by atoms with Gasteiger partial charge in [-0.15, -0.1) is 0 Å². The lowest BCUT2D eigenvalue weighted by molar-refractivity contribution is -0.118. The van der Waals surface area contributed by atoms with E-state index in [-0.39, 0.29) is 16.7 Å². The molecule has 21 heavy (non-hydrogen) atoms. The second-order valence-corrected chi connectivity index (χ2v) is 6.82. The molecule has 0 unspecified atom stereocenters. The molecule has 1 aliphatic carbocycles. The number of para-hydroxylation sites is 1. The van der Waals surface area contributed by atoms with Gasteiger partial charge in [0.25, 0.3) is 10.0 Å². The van der Waals surface area contributed by atoms with E-state index in [1.807, 2.05) is 0 Å². The van der Waals surface area contributed by atoms with E-state index in [9.17, 15) is 13.2 Å². The van der Waals surface area contributed by atoms with Crippen LogP contribution in [0.25, 0.3) is 0 Å². The molecule has 0 aromatic heterocycles. The highest BCUT2D eigenvalue weighted by Crippen LogP contribution is 2.35. The number of carbonyl (C=O) groups is 1. The first-order valence-corrected chi connectivity index (χ1v) is 8.24. The Morgan fingerprint density at radius 1 is 0.905 bits per heavy atom. The minimum absolute atomic E-state index is 0.128. The Bertz CT molecular complexity index is 738. The molecular weight excluding hydrogens is 286 g/mol. The normalized spacial score (nSPS) is 14.7. The Kier molecular flexibility index (Phi) is 3.51. The number of nitrogens with zero attached hydrogens (tertiary/aromatic N) is 1. The van der Waals surface area contributed by atoms with Gasteiger partial charge in [0, 0.05) is 5.92 Å². The molecule has 2 aromatic carbocycles. The van der Waals surface area contributed by atoms with Crippen LogP contribution in [0.1, 0.15) is 12.8 Å². The van der Waals surface area contributed by atoms with E-state index in [4.69, 9.17) is 0 Å². The lowest BCUT2D eigenvalue weighted by Crippen LogP contribution is -2.38. The Morgan fingerprint density at radius 2 is 1.43 bits per heavy atom. The monoisotopic (exact) mass is 301 g/mol. The zero-order valence-electron chi connectivity index (χ0n) is 11.3. The fraction of sp³-hybridized carbons (Fsp3) is 0.188. The van der Waals surface area contributed by atoms with Crippen molar-refractivity contribution in [2.75, 3.05) is 4.31 Å². The lowest BCUT2D eigenvalue weighted by Gasteiger charge is -2.22. The van der Waals surface area contributed by atoms with Gasteiger partial charge in [-0.2, -0.15) is 0 Å². The number of hydrogen-bond donors (Lipinski definition) is 0. The Hall–Kier alpha value is -2.14. The Morgan fingerprint density at radius 3 is 1.95 bits per heavy atom. The number of sulfonamides is 1. The van der Waals surface area contributed by atoms with E-state index in [2.05, 4.69) is 0 Å². The number of amides is 1. The highest BCUT2D eigenvalue weighted by atomic mass is 32.2. The molecule has 108 valence electrons.